The topological polar surface area (TPSA) is 79.5 Å². The maximum atomic E-state index is 10.6. The van der Waals surface area contributed by atoms with Crippen LogP contribution >= 0.6 is 34.2 Å². The molecule has 8 heteroatoms. The van der Waals surface area contributed by atoms with Crippen molar-refractivity contribution in [1.29, 1.82) is 0 Å². The van der Waals surface area contributed by atoms with Gasteiger partial charge in [-0.05, 0) is 54.2 Å². The van der Waals surface area contributed by atoms with Crippen molar-refractivity contribution in [3.63, 3.8) is 0 Å². The molecule has 1 amide bonds. The Labute approximate surface area is 146 Å². The molecule has 0 spiro atoms. The minimum absolute atomic E-state index is 0.385. The molecule has 2 aromatic rings. The van der Waals surface area contributed by atoms with Crippen molar-refractivity contribution in [3.8, 4) is 0 Å². The molecule has 0 atom stereocenters. The number of imidazole rings is 1. The molecule has 0 bridgehead atoms. The van der Waals surface area contributed by atoms with Gasteiger partial charge in [-0.15, -0.1) is 0 Å². The summed E-state index contributed by atoms with van der Waals surface area (Å²) in [5.74, 6) is 1.84. The summed E-state index contributed by atoms with van der Waals surface area (Å²) in [5, 5.41) is 11.6. The van der Waals surface area contributed by atoms with E-state index in [1.807, 2.05) is 10.6 Å². The van der Waals surface area contributed by atoms with E-state index in [4.69, 9.17) is 16.7 Å². The van der Waals surface area contributed by atoms with E-state index in [2.05, 4.69) is 37.9 Å². The fourth-order valence-electron chi connectivity index (χ4n) is 3.13. The normalized spacial score (nSPS) is 21.9. The monoisotopic (exact) mass is 434 g/mol. The van der Waals surface area contributed by atoms with Crippen molar-refractivity contribution in [1.82, 2.24) is 19.7 Å². The molecule has 118 valence electrons. The lowest BCUT2D eigenvalue weighted by atomic mass is 9.81. The Morgan fingerprint density at radius 1 is 1.45 bits per heavy atom. The van der Waals surface area contributed by atoms with Crippen LogP contribution in [0.15, 0.2) is 12.4 Å². The number of rotatable bonds is 3. The van der Waals surface area contributed by atoms with Crippen LogP contribution in [0.5, 0.6) is 0 Å². The first kappa shape index (κ1) is 15.8. The van der Waals surface area contributed by atoms with Gasteiger partial charge in [0.25, 0.3) is 0 Å². The molecule has 0 saturated heterocycles. The summed E-state index contributed by atoms with van der Waals surface area (Å²) in [5.41, 5.74) is 0.870. The lowest BCUT2D eigenvalue weighted by Crippen LogP contribution is -2.30. The predicted molar refractivity (Wildman–Crippen MR) is 91.4 cm³/mol. The molecule has 1 fully saturated rings. The van der Waals surface area contributed by atoms with Gasteiger partial charge >= 0.3 is 6.09 Å². The van der Waals surface area contributed by atoms with Crippen LogP contribution < -0.4 is 5.32 Å². The number of aromatic nitrogens is 3. The van der Waals surface area contributed by atoms with E-state index in [0.29, 0.717) is 23.5 Å². The van der Waals surface area contributed by atoms with Crippen LogP contribution in [0, 0.1) is 9.62 Å². The van der Waals surface area contributed by atoms with E-state index in [0.717, 1.165) is 40.7 Å². The van der Waals surface area contributed by atoms with Gasteiger partial charge in [0.15, 0.2) is 5.15 Å². The maximum absolute atomic E-state index is 10.6. The van der Waals surface area contributed by atoms with Crippen LogP contribution in [0.1, 0.15) is 37.4 Å². The summed E-state index contributed by atoms with van der Waals surface area (Å²) in [4.78, 5) is 19.4. The van der Waals surface area contributed by atoms with Gasteiger partial charge in [0.2, 0.25) is 0 Å². The average Bonchev–Trinajstić information content (AvgIpc) is 2.84. The number of hydrogen-bond donors (Lipinski definition) is 2. The average molecular weight is 435 g/mol. The second-order valence-electron chi connectivity index (χ2n) is 5.60. The predicted octanol–water partition coefficient (Wildman–Crippen LogP) is 3.53. The van der Waals surface area contributed by atoms with Crippen LogP contribution in [0.3, 0.4) is 0 Å². The molecule has 1 aliphatic rings. The van der Waals surface area contributed by atoms with Gasteiger partial charge in [-0.25, -0.2) is 14.8 Å². The van der Waals surface area contributed by atoms with Gasteiger partial charge in [-0.1, -0.05) is 11.6 Å². The minimum atomic E-state index is -0.946. The van der Waals surface area contributed by atoms with Crippen LogP contribution in [0.2, 0.25) is 5.15 Å². The highest BCUT2D eigenvalue weighted by Gasteiger charge is 2.26. The summed E-state index contributed by atoms with van der Waals surface area (Å²) in [6.07, 6.45) is 6.70. The summed E-state index contributed by atoms with van der Waals surface area (Å²) < 4.78 is 2.91. The van der Waals surface area contributed by atoms with Gasteiger partial charge in [0.05, 0.1) is 0 Å². The quantitative estimate of drug-likeness (QED) is 0.724. The molecule has 1 saturated carbocycles. The number of amides is 1. The number of carboxylic acid groups (broad SMARTS) is 1. The summed E-state index contributed by atoms with van der Waals surface area (Å²) in [6.45, 7) is 0.539. The zero-order valence-corrected chi connectivity index (χ0v) is 14.7. The van der Waals surface area contributed by atoms with Crippen molar-refractivity contribution < 1.29 is 9.90 Å². The third-order valence-corrected chi connectivity index (χ3v) is 5.28. The zero-order chi connectivity index (χ0) is 15.7. The summed E-state index contributed by atoms with van der Waals surface area (Å²) in [7, 11) is 0. The van der Waals surface area contributed by atoms with E-state index in [1.54, 1.807) is 6.20 Å². The van der Waals surface area contributed by atoms with Gasteiger partial charge in [-0.3, -0.25) is 4.40 Å². The molecule has 1 aliphatic carbocycles. The van der Waals surface area contributed by atoms with E-state index in [1.165, 1.54) is 0 Å². The second kappa shape index (κ2) is 6.57. The molecule has 0 unspecified atom stereocenters. The Hall–Kier alpha value is -1.09. The van der Waals surface area contributed by atoms with Crippen molar-refractivity contribution >= 4 is 45.8 Å². The highest BCUT2D eigenvalue weighted by atomic mass is 127. The molecule has 2 aromatic heterocycles. The van der Waals surface area contributed by atoms with E-state index in [-0.39, 0.29) is 0 Å². The standard InChI is InChI=1S/C14H16ClIN4O2/c15-11-10-12(16)19-13(20(10)6-5-17-11)9-3-1-8(2-4-9)7-18-14(21)22/h5-6,8-9,18H,1-4,7H2,(H,21,22)/t8-,9-. The first-order valence-electron chi connectivity index (χ1n) is 7.21. The van der Waals surface area contributed by atoms with E-state index in [9.17, 15) is 4.79 Å². The molecule has 22 heavy (non-hydrogen) atoms. The fourth-order valence-corrected chi connectivity index (χ4v) is 4.29. The molecule has 0 radical (unpaired) electrons. The van der Waals surface area contributed by atoms with Crippen molar-refractivity contribution in [2.45, 2.75) is 31.6 Å². The summed E-state index contributed by atoms with van der Waals surface area (Å²) >= 11 is 8.36. The SMILES string of the molecule is O=C(O)NC[C@H]1CC[C@H](c2nc(I)c3c(Cl)nccn32)CC1. The number of fused-ring (bicyclic) bond motifs is 1. The first-order chi connectivity index (χ1) is 10.6. The van der Waals surface area contributed by atoms with E-state index < -0.39 is 6.09 Å². The van der Waals surface area contributed by atoms with Crippen LogP contribution in [0.25, 0.3) is 5.52 Å². The van der Waals surface area contributed by atoms with E-state index >= 15 is 0 Å². The lowest BCUT2D eigenvalue weighted by Gasteiger charge is -2.27. The smallest absolute Gasteiger partial charge is 0.404 e. The Kier molecular flexibility index (Phi) is 4.72. The number of nitrogens with one attached hydrogen (secondary N) is 1. The molecular weight excluding hydrogens is 419 g/mol. The molecule has 0 aromatic carbocycles. The van der Waals surface area contributed by atoms with Crippen molar-refractivity contribution in [3.05, 3.63) is 27.1 Å². The lowest BCUT2D eigenvalue weighted by molar-refractivity contribution is 0.189. The van der Waals surface area contributed by atoms with Gasteiger partial charge in [0, 0.05) is 24.9 Å². The number of hydrogen-bond acceptors (Lipinski definition) is 3. The largest absolute Gasteiger partial charge is 0.465 e. The Morgan fingerprint density at radius 3 is 2.86 bits per heavy atom. The maximum Gasteiger partial charge on any atom is 0.404 e. The highest BCUT2D eigenvalue weighted by molar-refractivity contribution is 14.1. The molecule has 3 rings (SSSR count). The fraction of sp³-hybridized carbons (Fsp3) is 0.500. The molecule has 2 N–H and O–H groups in total. The van der Waals surface area contributed by atoms with Crippen molar-refractivity contribution in [2.75, 3.05) is 6.54 Å². The van der Waals surface area contributed by atoms with Crippen LogP contribution in [0.4, 0.5) is 4.79 Å². The highest BCUT2D eigenvalue weighted by Crippen LogP contribution is 2.36. The van der Waals surface area contributed by atoms with Crippen LogP contribution in [-0.2, 0) is 0 Å². The van der Waals surface area contributed by atoms with Crippen LogP contribution in [-0.4, -0.2) is 32.1 Å². The zero-order valence-electron chi connectivity index (χ0n) is 11.8. The summed E-state index contributed by atoms with van der Waals surface area (Å²) in [6, 6.07) is 0. The molecule has 6 nitrogen and oxygen atoms in total. The minimum Gasteiger partial charge on any atom is -0.465 e. The second-order valence-corrected chi connectivity index (χ2v) is 6.98. The molecule has 0 aliphatic heterocycles. The van der Waals surface area contributed by atoms with Crippen molar-refractivity contribution in [2.24, 2.45) is 5.92 Å². The number of carbonyl (C=O) groups is 1. The Balaban J connectivity index is 1.74. The third kappa shape index (κ3) is 3.15. The van der Waals surface area contributed by atoms with Gasteiger partial charge in [0.1, 0.15) is 15.0 Å². The Morgan fingerprint density at radius 2 is 2.18 bits per heavy atom. The van der Waals surface area contributed by atoms with Gasteiger partial charge < -0.3 is 10.4 Å². The first-order valence-corrected chi connectivity index (χ1v) is 8.66. The molecule has 2 heterocycles. The van der Waals surface area contributed by atoms with Gasteiger partial charge in [-0.2, -0.15) is 0 Å². The Bertz CT molecular complexity index is 697. The molecular formula is C14H16ClIN4O2. The number of halogens is 2. The number of nitrogens with zero attached hydrogens (tertiary/aromatic N) is 3. The third-order valence-electron chi connectivity index (χ3n) is 4.25.